The number of carbonyl (C=O) groups is 1. The molecular weight excluding hydrogens is 294 g/mol. The molecule has 1 aliphatic heterocycles. The number of anilines is 1. The smallest absolute Gasteiger partial charge is 0.240 e. The molecule has 0 saturated carbocycles. The highest BCUT2D eigenvalue weighted by Crippen LogP contribution is 2.19. The zero-order valence-corrected chi connectivity index (χ0v) is 14.1. The highest BCUT2D eigenvalue weighted by molar-refractivity contribution is 5.90. The predicted molar refractivity (Wildman–Crippen MR) is 86.2 cm³/mol. The first-order valence-corrected chi connectivity index (χ1v) is 7.95. The van der Waals surface area contributed by atoms with E-state index in [-0.39, 0.29) is 11.8 Å². The van der Waals surface area contributed by atoms with Crippen LogP contribution < -0.4 is 5.32 Å². The van der Waals surface area contributed by atoms with Gasteiger partial charge in [-0.05, 0) is 19.8 Å². The minimum atomic E-state index is -0.0927. The van der Waals surface area contributed by atoms with Crippen molar-refractivity contribution < 1.29 is 9.32 Å². The van der Waals surface area contributed by atoms with Gasteiger partial charge in [0.1, 0.15) is 5.82 Å². The molecule has 7 nitrogen and oxygen atoms in total. The second-order valence-electron chi connectivity index (χ2n) is 6.38. The van der Waals surface area contributed by atoms with Crippen molar-refractivity contribution >= 4 is 11.8 Å². The number of rotatable bonds is 4. The summed E-state index contributed by atoms with van der Waals surface area (Å²) in [6.45, 7) is 10.9. The van der Waals surface area contributed by atoms with Gasteiger partial charge in [0.15, 0.2) is 0 Å². The van der Waals surface area contributed by atoms with Gasteiger partial charge in [0.05, 0.1) is 24.5 Å². The summed E-state index contributed by atoms with van der Waals surface area (Å²) >= 11 is 0. The van der Waals surface area contributed by atoms with Crippen LogP contribution in [0.2, 0.25) is 0 Å². The highest BCUT2D eigenvalue weighted by atomic mass is 16.5. The molecule has 2 aromatic rings. The molecule has 23 heavy (non-hydrogen) atoms. The fourth-order valence-electron chi connectivity index (χ4n) is 2.80. The van der Waals surface area contributed by atoms with Crippen LogP contribution in [0, 0.1) is 13.8 Å². The Morgan fingerprint density at radius 2 is 2.17 bits per heavy atom. The van der Waals surface area contributed by atoms with Crippen LogP contribution in [0.15, 0.2) is 10.6 Å². The number of hydrogen-bond acceptors (Lipinski definition) is 5. The molecule has 1 aliphatic rings. The third-order valence-corrected chi connectivity index (χ3v) is 4.29. The summed E-state index contributed by atoms with van der Waals surface area (Å²) in [6, 6.07) is 1.78. The van der Waals surface area contributed by atoms with Crippen LogP contribution in [0.1, 0.15) is 42.7 Å². The van der Waals surface area contributed by atoms with E-state index < -0.39 is 0 Å². The summed E-state index contributed by atoms with van der Waals surface area (Å²) in [5, 5.41) is 6.71. The van der Waals surface area contributed by atoms with Crippen LogP contribution in [-0.2, 0) is 17.9 Å². The first-order chi connectivity index (χ1) is 10.9. The second kappa shape index (κ2) is 6.16. The first-order valence-electron chi connectivity index (χ1n) is 7.95. The molecule has 0 atom stereocenters. The molecular formula is C16H23N5O2. The molecule has 7 heteroatoms. The van der Waals surface area contributed by atoms with Crippen LogP contribution in [0.5, 0.6) is 0 Å². The minimum absolute atomic E-state index is 0.0927. The Bertz CT molecular complexity index is 716. The first kappa shape index (κ1) is 15.7. The number of aryl methyl sites for hydroxylation is 1. The van der Waals surface area contributed by atoms with Gasteiger partial charge in [-0.1, -0.05) is 19.0 Å². The fourth-order valence-corrected chi connectivity index (χ4v) is 2.80. The third-order valence-electron chi connectivity index (χ3n) is 4.29. The summed E-state index contributed by atoms with van der Waals surface area (Å²) in [7, 11) is 0. The van der Waals surface area contributed by atoms with E-state index in [4.69, 9.17) is 4.52 Å². The van der Waals surface area contributed by atoms with E-state index in [1.165, 1.54) is 5.69 Å². The topological polar surface area (TPSA) is 76.2 Å². The summed E-state index contributed by atoms with van der Waals surface area (Å²) in [6.07, 6.45) is 0. The average molecular weight is 317 g/mol. The van der Waals surface area contributed by atoms with Crippen LogP contribution in [0.4, 0.5) is 5.88 Å². The van der Waals surface area contributed by atoms with Crippen LogP contribution in [0.25, 0.3) is 0 Å². The Labute approximate surface area is 135 Å². The van der Waals surface area contributed by atoms with E-state index in [2.05, 4.69) is 31.8 Å². The molecule has 0 aromatic carbocycles. The quantitative estimate of drug-likeness (QED) is 0.934. The molecule has 2 aromatic heterocycles. The Hall–Kier alpha value is -2.15. The van der Waals surface area contributed by atoms with E-state index in [0.717, 1.165) is 30.3 Å². The number of aromatic nitrogens is 3. The molecule has 0 unspecified atom stereocenters. The van der Waals surface area contributed by atoms with Gasteiger partial charge in [-0.3, -0.25) is 15.0 Å². The summed E-state index contributed by atoms with van der Waals surface area (Å²) < 4.78 is 7.38. The highest BCUT2D eigenvalue weighted by Gasteiger charge is 2.22. The van der Waals surface area contributed by atoms with Crippen LogP contribution in [-0.4, -0.2) is 38.6 Å². The van der Waals surface area contributed by atoms with Gasteiger partial charge >= 0.3 is 0 Å². The second-order valence-corrected chi connectivity index (χ2v) is 6.38. The molecule has 3 rings (SSSR count). The van der Waals surface area contributed by atoms with Gasteiger partial charge < -0.3 is 9.09 Å². The maximum absolute atomic E-state index is 12.2. The van der Waals surface area contributed by atoms with Crippen molar-refractivity contribution in [1.82, 2.24) is 19.6 Å². The maximum Gasteiger partial charge on any atom is 0.240 e. The summed E-state index contributed by atoms with van der Waals surface area (Å²) in [5.74, 6) is 1.62. The van der Waals surface area contributed by atoms with Crippen molar-refractivity contribution in [2.24, 2.45) is 0 Å². The SMILES string of the molecule is Cc1nc2n(c1C)CCN(CC(=O)Nc1cc(C(C)C)no1)C2. The van der Waals surface area contributed by atoms with Crippen molar-refractivity contribution in [3.8, 4) is 0 Å². The lowest BCUT2D eigenvalue weighted by atomic mass is 10.1. The monoisotopic (exact) mass is 317 g/mol. The Kier molecular flexibility index (Phi) is 4.21. The minimum Gasteiger partial charge on any atom is -0.338 e. The van der Waals surface area contributed by atoms with Crippen molar-refractivity contribution in [2.75, 3.05) is 18.4 Å². The molecule has 0 fully saturated rings. The number of fused-ring (bicyclic) bond motifs is 1. The summed E-state index contributed by atoms with van der Waals surface area (Å²) in [5.41, 5.74) is 3.12. The standard InChI is InChI=1S/C16H23N5O2/c1-10(2)13-7-16(23-19-13)18-15(22)9-20-5-6-21-12(4)11(3)17-14(21)8-20/h7,10H,5-6,8-9H2,1-4H3,(H,18,22). The number of nitrogens with zero attached hydrogens (tertiary/aromatic N) is 4. The molecule has 124 valence electrons. The Morgan fingerprint density at radius 1 is 1.39 bits per heavy atom. The van der Waals surface area contributed by atoms with E-state index >= 15 is 0 Å². The number of carbonyl (C=O) groups excluding carboxylic acids is 1. The molecule has 1 N–H and O–H groups in total. The zero-order chi connectivity index (χ0) is 16.6. The summed E-state index contributed by atoms with van der Waals surface area (Å²) in [4.78, 5) is 18.8. The molecule has 0 saturated heterocycles. The van der Waals surface area contributed by atoms with Crippen molar-refractivity contribution in [3.63, 3.8) is 0 Å². The lowest BCUT2D eigenvalue weighted by molar-refractivity contribution is -0.117. The van der Waals surface area contributed by atoms with Gasteiger partial charge in [0, 0.05) is 24.8 Å². The van der Waals surface area contributed by atoms with Crippen molar-refractivity contribution in [2.45, 2.75) is 46.7 Å². The average Bonchev–Trinajstić information content (AvgIpc) is 3.05. The van der Waals surface area contributed by atoms with Gasteiger partial charge in [-0.25, -0.2) is 4.98 Å². The normalized spacial score (nSPS) is 15.0. The van der Waals surface area contributed by atoms with Crippen LogP contribution >= 0.6 is 0 Å². The van der Waals surface area contributed by atoms with E-state index in [0.29, 0.717) is 19.0 Å². The Morgan fingerprint density at radius 3 is 2.87 bits per heavy atom. The molecule has 1 amide bonds. The number of imidazole rings is 1. The molecule has 0 radical (unpaired) electrons. The number of nitrogens with one attached hydrogen (secondary N) is 1. The van der Waals surface area contributed by atoms with Gasteiger partial charge in [0.25, 0.3) is 0 Å². The molecule has 0 spiro atoms. The zero-order valence-electron chi connectivity index (χ0n) is 14.1. The predicted octanol–water partition coefficient (Wildman–Crippen LogP) is 2.07. The lowest BCUT2D eigenvalue weighted by Crippen LogP contribution is -2.39. The van der Waals surface area contributed by atoms with E-state index in [1.807, 2.05) is 20.8 Å². The van der Waals surface area contributed by atoms with E-state index in [9.17, 15) is 4.79 Å². The molecule has 0 bridgehead atoms. The van der Waals surface area contributed by atoms with Crippen molar-refractivity contribution in [1.29, 1.82) is 0 Å². The lowest BCUT2D eigenvalue weighted by Gasteiger charge is -2.27. The number of amides is 1. The Balaban J connectivity index is 1.58. The van der Waals surface area contributed by atoms with Crippen LogP contribution in [0.3, 0.4) is 0 Å². The van der Waals surface area contributed by atoms with E-state index in [1.54, 1.807) is 6.07 Å². The number of hydrogen-bond donors (Lipinski definition) is 1. The fraction of sp³-hybridized carbons (Fsp3) is 0.562. The van der Waals surface area contributed by atoms with Gasteiger partial charge in [0.2, 0.25) is 11.8 Å². The maximum atomic E-state index is 12.2. The van der Waals surface area contributed by atoms with Gasteiger partial charge in [-0.2, -0.15) is 0 Å². The van der Waals surface area contributed by atoms with Gasteiger partial charge in [-0.15, -0.1) is 0 Å². The van der Waals surface area contributed by atoms with Crippen molar-refractivity contribution in [3.05, 3.63) is 29.0 Å². The molecule has 3 heterocycles. The molecule has 0 aliphatic carbocycles. The largest absolute Gasteiger partial charge is 0.338 e. The third kappa shape index (κ3) is 3.29.